The van der Waals surface area contributed by atoms with Gasteiger partial charge in [0.1, 0.15) is 0 Å². The normalized spacial score (nSPS) is 17.7. The second-order valence-corrected chi connectivity index (χ2v) is 8.54. The lowest BCUT2D eigenvalue weighted by molar-refractivity contribution is 0.192. The molecule has 1 saturated carbocycles. The third kappa shape index (κ3) is 4.24. The molecule has 0 radical (unpaired) electrons. The van der Waals surface area contributed by atoms with E-state index in [0.717, 1.165) is 48.2 Å². The van der Waals surface area contributed by atoms with Crippen LogP contribution in [0.3, 0.4) is 0 Å². The van der Waals surface area contributed by atoms with Gasteiger partial charge in [-0.05, 0) is 53.8 Å². The highest BCUT2D eigenvalue weighted by atomic mass is 16.5. The minimum atomic E-state index is 0.226. The molecule has 166 valence electrons. The molecular formula is C26H33NO4. The molecule has 2 aliphatic rings. The number of rotatable bonds is 7. The second kappa shape index (κ2) is 9.23. The Labute approximate surface area is 185 Å². The zero-order chi connectivity index (χ0) is 21.8. The minimum Gasteiger partial charge on any atom is -0.493 e. The van der Waals surface area contributed by atoms with E-state index in [-0.39, 0.29) is 5.41 Å². The predicted octanol–water partition coefficient (Wildman–Crippen LogP) is 5.06. The highest BCUT2D eigenvalue weighted by molar-refractivity contribution is 5.56. The maximum Gasteiger partial charge on any atom is 0.161 e. The van der Waals surface area contributed by atoms with Crippen LogP contribution >= 0.6 is 0 Å². The molecule has 0 saturated heterocycles. The molecular weight excluding hydrogens is 390 g/mol. The lowest BCUT2D eigenvalue weighted by Gasteiger charge is -2.42. The third-order valence-corrected chi connectivity index (χ3v) is 6.74. The number of benzene rings is 2. The Hall–Kier alpha value is -2.66. The van der Waals surface area contributed by atoms with E-state index in [1.54, 1.807) is 28.4 Å². The van der Waals surface area contributed by atoms with Crippen LogP contribution in [0.1, 0.15) is 42.4 Å². The lowest BCUT2D eigenvalue weighted by atomic mass is 9.73. The van der Waals surface area contributed by atoms with Gasteiger partial charge in [-0.2, -0.15) is 0 Å². The van der Waals surface area contributed by atoms with Gasteiger partial charge in [0.15, 0.2) is 23.0 Å². The van der Waals surface area contributed by atoms with Crippen molar-refractivity contribution in [2.24, 2.45) is 0 Å². The lowest BCUT2D eigenvalue weighted by Crippen LogP contribution is -2.44. The third-order valence-electron chi connectivity index (χ3n) is 6.74. The summed E-state index contributed by atoms with van der Waals surface area (Å²) in [4.78, 5) is 2.55. The Bertz CT molecular complexity index is 947. The number of fused-ring (bicyclic) bond motifs is 2. The molecule has 0 bridgehead atoms. The van der Waals surface area contributed by atoms with Crippen LogP contribution in [0.2, 0.25) is 0 Å². The molecule has 0 N–H and O–H groups in total. The summed E-state index contributed by atoms with van der Waals surface area (Å²) in [6.07, 6.45) is 9.48. The molecule has 1 heterocycles. The number of ether oxygens (including phenoxy) is 4. The molecule has 5 heteroatoms. The highest BCUT2D eigenvalue weighted by Crippen LogP contribution is 2.48. The van der Waals surface area contributed by atoms with Gasteiger partial charge in [-0.25, -0.2) is 0 Å². The molecule has 1 fully saturated rings. The summed E-state index contributed by atoms with van der Waals surface area (Å²) in [5.41, 5.74) is 4.16. The van der Waals surface area contributed by atoms with Crippen molar-refractivity contribution in [3.8, 4) is 23.0 Å². The Morgan fingerprint density at radius 2 is 1.48 bits per heavy atom. The van der Waals surface area contributed by atoms with Crippen molar-refractivity contribution in [1.29, 1.82) is 0 Å². The quantitative estimate of drug-likeness (QED) is 0.622. The van der Waals surface area contributed by atoms with E-state index < -0.39 is 0 Å². The van der Waals surface area contributed by atoms with Gasteiger partial charge in [0.2, 0.25) is 0 Å². The molecule has 2 aromatic rings. The predicted molar refractivity (Wildman–Crippen MR) is 124 cm³/mol. The Kier molecular flexibility index (Phi) is 6.42. The molecule has 4 rings (SSSR count). The molecule has 0 atom stereocenters. The zero-order valence-electron chi connectivity index (χ0n) is 19.1. The minimum absolute atomic E-state index is 0.226. The van der Waals surface area contributed by atoms with Crippen LogP contribution in [-0.4, -0.2) is 46.4 Å². The monoisotopic (exact) mass is 423 g/mol. The van der Waals surface area contributed by atoms with Gasteiger partial charge < -0.3 is 18.9 Å². The van der Waals surface area contributed by atoms with Crippen LogP contribution in [0.15, 0.2) is 36.4 Å². The average Bonchev–Trinajstić information content (AvgIpc) is 3.26. The van der Waals surface area contributed by atoms with Crippen molar-refractivity contribution in [2.45, 2.75) is 37.6 Å². The van der Waals surface area contributed by atoms with Gasteiger partial charge in [-0.1, -0.05) is 31.1 Å². The van der Waals surface area contributed by atoms with E-state index in [2.05, 4.69) is 35.3 Å². The Morgan fingerprint density at radius 1 is 0.839 bits per heavy atom. The first-order valence-corrected chi connectivity index (χ1v) is 11.0. The fourth-order valence-electron chi connectivity index (χ4n) is 5.26. The maximum absolute atomic E-state index is 5.61. The summed E-state index contributed by atoms with van der Waals surface area (Å²) in [7, 11) is 6.76. The summed E-state index contributed by atoms with van der Waals surface area (Å²) < 4.78 is 22.0. The molecule has 31 heavy (non-hydrogen) atoms. The van der Waals surface area contributed by atoms with E-state index in [1.807, 2.05) is 12.1 Å². The van der Waals surface area contributed by atoms with Crippen molar-refractivity contribution in [2.75, 3.05) is 41.5 Å². The SMILES string of the molecule is COc1ccc(/C=C/CN2Cc3cc(OC)c(OC)cc3C3(CCCC3)C2)cc1OC. The zero-order valence-corrected chi connectivity index (χ0v) is 19.1. The van der Waals surface area contributed by atoms with E-state index in [0.29, 0.717) is 0 Å². The average molecular weight is 424 g/mol. The van der Waals surface area contributed by atoms with Crippen molar-refractivity contribution >= 4 is 6.08 Å². The topological polar surface area (TPSA) is 40.2 Å². The Balaban J connectivity index is 1.55. The van der Waals surface area contributed by atoms with E-state index in [9.17, 15) is 0 Å². The maximum atomic E-state index is 5.61. The van der Waals surface area contributed by atoms with Gasteiger partial charge >= 0.3 is 0 Å². The van der Waals surface area contributed by atoms with Gasteiger partial charge in [0, 0.05) is 25.0 Å². The van der Waals surface area contributed by atoms with Crippen molar-refractivity contribution < 1.29 is 18.9 Å². The first-order valence-electron chi connectivity index (χ1n) is 11.0. The molecule has 1 spiro atoms. The summed E-state index contributed by atoms with van der Waals surface area (Å²) >= 11 is 0. The fourth-order valence-corrected chi connectivity index (χ4v) is 5.26. The van der Waals surface area contributed by atoms with E-state index >= 15 is 0 Å². The smallest absolute Gasteiger partial charge is 0.161 e. The number of hydrogen-bond acceptors (Lipinski definition) is 5. The van der Waals surface area contributed by atoms with Crippen LogP contribution < -0.4 is 18.9 Å². The van der Waals surface area contributed by atoms with Gasteiger partial charge in [-0.15, -0.1) is 0 Å². The highest BCUT2D eigenvalue weighted by Gasteiger charge is 2.42. The molecule has 1 aliphatic heterocycles. The summed E-state index contributed by atoms with van der Waals surface area (Å²) in [5.74, 6) is 3.16. The van der Waals surface area contributed by atoms with Gasteiger partial charge in [0.25, 0.3) is 0 Å². The van der Waals surface area contributed by atoms with Gasteiger partial charge in [0.05, 0.1) is 28.4 Å². The van der Waals surface area contributed by atoms with Crippen molar-refractivity contribution in [1.82, 2.24) is 4.90 Å². The molecule has 5 nitrogen and oxygen atoms in total. The molecule has 0 aromatic heterocycles. The van der Waals surface area contributed by atoms with Crippen LogP contribution in [0.5, 0.6) is 23.0 Å². The summed E-state index contributed by atoms with van der Waals surface area (Å²) in [5, 5.41) is 0. The number of nitrogens with zero attached hydrogens (tertiary/aromatic N) is 1. The largest absolute Gasteiger partial charge is 0.493 e. The van der Waals surface area contributed by atoms with E-state index in [1.165, 1.54) is 36.8 Å². The molecule has 0 unspecified atom stereocenters. The van der Waals surface area contributed by atoms with Crippen molar-refractivity contribution in [3.63, 3.8) is 0 Å². The summed E-state index contributed by atoms with van der Waals surface area (Å²) in [6, 6.07) is 10.4. The molecule has 2 aromatic carbocycles. The Morgan fingerprint density at radius 3 is 2.16 bits per heavy atom. The van der Waals surface area contributed by atoms with Crippen LogP contribution in [0, 0.1) is 0 Å². The first kappa shape index (κ1) is 21.6. The van der Waals surface area contributed by atoms with Crippen LogP contribution in [0.25, 0.3) is 6.08 Å². The van der Waals surface area contributed by atoms with Crippen LogP contribution in [-0.2, 0) is 12.0 Å². The fraction of sp³-hybridized carbons (Fsp3) is 0.462. The molecule has 1 aliphatic carbocycles. The van der Waals surface area contributed by atoms with Crippen molar-refractivity contribution in [3.05, 3.63) is 53.1 Å². The first-order chi connectivity index (χ1) is 15.1. The second-order valence-electron chi connectivity index (χ2n) is 8.54. The van der Waals surface area contributed by atoms with Gasteiger partial charge in [-0.3, -0.25) is 4.90 Å². The number of hydrogen-bond donors (Lipinski definition) is 0. The summed E-state index contributed by atoms with van der Waals surface area (Å²) in [6.45, 7) is 2.92. The van der Waals surface area contributed by atoms with Crippen LogP contribution in [0.4, 0.5) is 0 Å². The number of methoxy groups -OCH3 is 4. The van der Waals surface area contributed by atoms with E-state index in [4.69, 9.17) is 18.9 Å². The molecule has 0 amide bonds. The standard InChI is InChI=1S/C26H33NO4/c1-28-22-10-9-19(14-23(22)29-2)8-7-13-27-17-20-15-24(30-3)25(31-4)16-21(20)26(18-27)11-5-6-12-26/h7-10,14-16H,5-6,11-13,17-18H2,1-4H3/b8-7+.